The van der Waals surface area contributed by atoms with Crippen LogP contribution in [0.25, 0.3) is 10.2 Å². The van der Waals surface area contributed by atoms with Crippen LogP contribution in [0.1, 0.15) is 16.8 Å². The van der Waals surface area contributed by atoms with Gasteiger partial charge in [0.05, 0.1) is 23.7 Å². The summed E-state index contributed by atoms with van der Waals surface area (Å²) in [6.45, 7) is 1.32. The highest BCUT2D eigenvalue weighted by Gasteiger charge is 2.15. The minimum atomic E-state index is -0.379. The van der Waals surface area contributed by atoms with Gasteiger partial charge in [-0.05, 0) is 30.3 Å². The first kappa shape index (κ1) is 18.2. The minimum absolute atomic E-state index is 0.197. The Balaban J connectivity index is 1.72. The largest absolute Gasteiger partial charge is 0.486 e. The second-order valence-electron chi connectivity index (χ2n) is 6.11. The Hall–Kier alpha value is -3.13. The van der Waals surface area contributed by atoms with E-state index in [2.05, 4.69) is 4.99 Å². The lowest BCUT2D eigenvalue weighted by Gasteiger charge is -2.18. The zero-order chi connectivity index (χ0) is 19.5. The molecule has 7 nitrogen and oxygen atoms in total. The van der Waals surface area contributed by atoms with Crippen LogP contribution in [-0.4, -0.2) is 36.8 Å². The molecule has 1 aliphatic rings. The maximum Gasteiger partial charge on any atom is 0.307 e. The highest BCUT2D eigenvalue weighted by molar-refractivity contribution is 7.16. The molecule has 0 unspecified atom stereocenters. The van der Waals surface area contributed by atoms with Crippen LogP contribution in [-0.2, 0) is 16.1 Å². The van der Waals surface area contributed by atoms with Gasteiger partial charge in [0.25, 0.3) is 5.91 Å². The fourth-order valence-electron chi connectivity index (χ4n) is 2.96. The fourth-order valence-corrected chi connectivity index (χ4v) is 4.01. The number of esters is 1. The number of benzene rings is 2. The summed E-state index contributed by atoms with van der Waals surface area (Å²) in [5, 5.41) is 0. The van der Waals surface area contributed by atoms with Crippen LogP contribution >= 0.6 is 11.3 Å². The molecule has 0 bridgehead atoms. The van der Waals surface area contributed by atoms with Gasteiger partial charge in [0.15, 0.2) is 16.3 Å². The van der Waals surface area contributed by atoms with Gasteiger partial charge in [-0.25, -0.2) is 0 Å². The number of methoxy groups -OCH3 is 1. The first-order chi connectivity index (χ1) is 13.7. The number of aromatic nitrogens is 1. The first-order valence-electron chi connectivity index (χ1n) is 8.79. The third kappa shape index (κ3) is 3.63. The van der Waals surface area contributed by atoms with Crippen molar-refractivity contribution in [1.29, 1.82) is 0 Å². The van der Waals surface area contributed by atoms with E-state index in [1.165, 1.54) is 18.4 Å². The number of nitrogens with zero attached hydrogens (tertiary/aromatic N) is 2. The van der Waals surface area contributed by atoms with Crippen LogP contribution in [0.15, 0.2) is 47.5 Å². The summed E-state index contributed by atoms with van der Waals surface area (Å²) in [6.07, 6.45) is 0.197. The summed E-state index contributed by atoms with van der Waals surface area (Å²) in [5.74, 6) is 0.474. The summed E-state index contributed by atoms with van der Waals surface area (Å²) < 4.78 is 18.6. The van der Waals surface area contributed by atoms with E-state index >= 15 is 0 Å². The van der Waals surface area contributed by atoms with Crippen molar-refractivity contribution in [3.05, 3.63) is 52.8 Å². The number of carbonyl (C=O) groups excluding carboxylic acids is 2. The third-order valence-corrected chi connectivity index (χ3v) is 5.40. The number of ether oxygens (including phenoxy) is 3. The molecule has 0 N–H and O–H groups in total. The van der Waals surface area contributed by atoms with Gasteiger partial charge in [-0.3, -0.25) is 9.59 Å². The fraction of sp³-hybridized carbons (Fsp3) is 0.250. The summed E-state index contributed by atoms with van der Waals surface area (Å²) in [5.41, 5.74) is 1.34. The second kappa shape index (κ2) is 7.85. The Labute approximate surface area is 164 Å². The molecular weight excluding hydrogens is 380 g/mol. The molecule has 0 radical (unpaired) electrons. The van der Waals surface area contributed by atoms with Crippen molar-refractivity contribution >= 4 is 33.4 Å². The van der Waals surface area contributed by atoms with E-state index in [0.717, 1.165) is 10.2 Å². The van der Waals surface area contributed by atoms with E-state index in [9.17, 15) is 9.59 Å². The third-order valence-electron chi connectivity index (χ3n) is 4.34. The van der Waals surface area contributed by atoms with Gasteiger partial charge in [0.2, 0.25) is 0 Å². The number of hydrogen-bond donors (Lipinski definition) is 0. The van der Waals surface area contributed by atoms with Gasteiger partial charge >= 0.3 is 5.97 Å². The van der Waals surface area contributed by atoms with Crippen molar-refractivity contribution in [3.8, 4) is 11.5 Å². The molecule has 8 heteroatoms. The Morgan fingerprint density at radius 1 is 1.14 bits per heavy atom. The molecular formula is C20H18N2O5S. The van der Waals surface area contributed by atoms with Crippen LogP contribution in [0.3, 0.4) is 0 Å². The molecule has 1 aromatic heterocycles. The lowest BCUT2D eigenvalue weighted by Crippen LogP contribution is -2.19. The SMILES string of the molecule is COC(=O)CCn1c(=NC(=O)c2ccc3c(c2)OCCO3)sc2ccccc21. The zero-order valence-corrected chi connectivity index (χ0v) is 16.0. The maximum atomic E-state index is 12.8. The standard InChI is InChI=1S/C20H18N2O5S/c1-25-18(23)8-9-22-14-4-2-3-5-17(14)28-20(22)21-19(24)13-6-7-15-16(12-13)27-11-10-26-15/h2-7,12H,8-11H2,1H3. The van der Waals surface area contributed by atoms with Crippen LogP contribution < -0.4 is 14.3 Å². The van der Waals surface area contributed by atoms with Crippen LogP contribution in [0.5, 0.6) is 11.5 Å². The number of thiazole rings is 1. The van der Waals surface area contributed by atoms with Gasteiger partial charge in [-0.1, -0.05) is 23.5 Å². The molecule has 0 aliphatic carbocycles. The molecule has 0 spiro atoms. The molecule has 28 heavy (non-hydrogen) atoms. The first-order valence-corrected chi connectivity index (χ1v) is 9.61. The summed E-state index contributed by atoms with van der Waals surface area (Å²) in [6, 6.07) is 12.8. The van der Waals surface area contributed by atoms with E-state index in [-0.39, 0.29) is 18.3 Å². The monoisotopic (exact) mass is 398 g/mol. The van der Waals surface area contributed by atoms with E-state index in [1.807, 2.05) is 28.8 Å². The van der Waals surface area contributed by atoms with Crippen LogP contribution in [0, 0.1) is 0 Å². The van der Waals surface area contributed by atoms with Crippen molar-refractivity contribution in [2.24, 2.45) is 4.99 Å². The molecule has 4 rings (SSSR count). The van der Waals surface area contributed by atoms with Gasteiger partial charge in [-0.2, -0.15) is 4.99 Å². The predicted molar refractivity (Wildman–Crippen MR) is 104 cm³/mol. The van der Waals surface area contributed by atoms with Crippen molar-refractivity contribution < 1.29 is 23.8 Å². The van der Waals surface area contributed by atoms with Gasteiger partial charge in [0, 0.05) is 12.1 Å². The van der Waals surface area contributed by atoms with Crippen LogP contribution in [0.2, 0.25) is 0 Å². The van der Waals surface area contributed by atoms with Gasteiger partial charge in [0.1, 0.15) is 13.2 Å². The minimum Gasteiger partial charge on any atom is -0.486 e. The molecule has 144 valence electrons. The van der Waals surface area contributed by atoms with Crippen molar-refractivity contribution in [3.63, 3.8) is 0 Å². The Morgan fingerprint density at radius 2 is 1.93 bits per heavy atom. The van der Waals surface area contributed by atoms with E-state index in [0.29, 0.717) is 41.6 Å². The lowest BCUT2D eigenvalue weighted by molar-refractivity contribution is -0.140. The van der Waals surface area contributed by atoms with Crippen molar-refractivity contribution in [1.82, 2.24) is 4.57 Å². The average molecular weight is 398 g/mol. The highest BCUT2D eigenvalue weighted by Crippen LogP contribution is 2.31. The molecule has 1 aliphatic heterocycles. The Kier molecular flexibility index (Phi) is 5.12. The van der Waals surface area contributed by atoms with E-state index in [1.54, 1.807) is 18.2 Å². The molecule has 0 saturated carbocycles. The quantitative estimate of drug-likeness (QED) is 0.632. The smallest absolute Gasteiger partial charge is 0.307 e. The summed E-state index contributed by atoms with van der Waals surface area (Å²) in [4.78, 5) is 29.2. The molecule has 0 saturated heterocycles. The topological polar surface area (TPSA) is 79.1 Å². The molecule has 2 aromatic carbocycles. The zero-order valence-electron chi connectivity index (χ0n) is 15.2. The maximum absolute atomic E-state index is 12.8. The van der Waals surface area contributed by atoms with Gasteiger partial charge in [-0.15, -0.1) is 0 Å². The highest BCUT2D eigenvalue weighted by atomic mass is 32.1. The van der Waals surface area contributed by atoms with Crippen molar-refractivity contribution in [2.45, 2.75) is 13.0 Å². The summed E-state index contributed by atoms with van der Waals surface area (Å²) in [7, 11) is 1.36. The van der Waals surface area contributed by atoms with E-state index in [4.69, 9.17) is 14.2 Å². The normalized spacial score (nSPS) is 13.5. The predicted octanol–water partition coefficient (Wildman–Crippen LogP) is 2.78. The number of rotatable bonds is 4. The average Bonchev–Trinajstić information content (AvgIpc) is 3.08. The number of carbonyl (C=O) groups is 2. The number of hydrogen-bond acceptors (Lipinski definition) is 6. The molecule has 3 aromatic rings. The Bertz CT molecular complexity index is 1120. The Morgan fingerprint density at radius 3 is 2.75 bits per heavy atom. The number of para-hydroxylation sites is 1. The molecule has 0 atom stereocenters. The van der Waals surface area contributed by atoms with E-state index < -0.39 is 0 Å². The molecule has 1 amide bonds. The number of amides is 1. The number of aryl methyl sites for hydroxylation is 1. The lowest BCUT2D eigenvalue weighted by atomic mass is 10.2. The molecule has 0 fully saturated rings. The number of fused-ring (bicyclic) bond motifs is 2. The molecule has 2 heterocycles. The summed E-state index contributed by atoms with van der Waals surface area (Å²) >= 11 is 1.40. The van der Waals surface area contributed by atoms with Crippen LogP contribution in [0.4, 0.5) is 0 Å². The van der Waals surface area contributed by atoms with Gasteiger partial charge < -0.3 is 18.8 Å². The van der Waals surface area contributed by atoms with Crippen molar-refractivity contribution in [2.75, 3.05) is 20.3 Å². The second-order valence-corrected chi connectivity index (χ2v) is 7.11.